The summed E-state index contributed by atoms with van der Waals surface area (Å²) in [4.78, 5) is 14.8. The zero-order valence-corrected chi connectivity index (χ0v) is 14.4. The standard InChI is InChI=1S/C19H19F3N4O/c20-19(21,22)15-8-14(17-5-2-1-4-13(17)11-23-12-27)9-16(10-15)26-18-24-6-3-7-25-18/h1-2,4-5,8-10,12H,3,6-7,11H2,(H,23,27)(H2,24,25,26). The number of carbonyl (C=O) groups excluding carboxylic acids is 1. The van der Waals surface area contributed by atoms with E-state index in [1.165, 1.54) is 0 Å². The molecule has 0 atom stereocenters. The highest BCUT2D eigenvalue weighted by molar-refractivity contribution is 5.94. The predicted octanol–water partition coefficient (Wildman–Crippen LogP) is 3.38. The van der Waals surface area contributed by atoms with Crippen molar-refractivity contribution in [1.82, 2.24) is 10.6 Å². The number of alkyl halides is 3. The largest absolute Gasteiger partial charge is 0.416 e. The molecule has 0 aliphatic carbocycles. The molecule has 1 aliphatic heterocycles. The van der Waals surface area contributed by atoms with Gasteiger partial charge in [0.15, 0.2) is 5.96 Å². The number of anilines is 1. The fraction of sp³-hybridized carbons (Fsp3) is 0.263. The highest BCUT2D eigenvalue weighted by Gasteiger charge is 2.31. The van der Waals surface area contributed by atoms with Gasteiger partial charge in [0, 0.05) is 25.3 Å². The minimum Gasteiger partial charge on any atom is -0.356 e. The van der Waals surface area contributed by atoms with E-state index in [0.717, 1.165) is 30.7 Å². The van der Waals surface area contributed by atoms with E-state index in [9.17, 15) is 18.0 Å². The fourth-order valence-corrected chi connectivity index (χ4v) is 2.88. The number of halogens is 3. The summed E-state index contributed by atoms with van der Waals surface area (Å²) >= 11 is 0. The van der Waals surface area contributed by atoms with Gasteiger partial charge in [0.05, 0.1) is 5.56 Å². The molecule has 0 aromatic heterocycles. The summed E-state index contributed by atoms with van der Waals surface area (Å²) in [5.41, 5.74) is 1.30. The van der Waals surface area contributed by atoms with E-state index in [1.54, 1.807) is 30.3 Å². The number of nitrogens with one attached hydrogen (secondary N) is 3. The summed E-state index contributed by atoms with van der Waals surface area (Å²) in [7, 11) is 0. The van der Waals surface area contributed by atoms with Crippen LogP contribution in [0.15, 0.2) is 47.5 Å². The molecule has 0 radical (unpaired) electrons. The van der Waals surface area contributed by atoms with Gasteiger partial charge in [0.1, 0.15) is 0 Å². The van der Waals surface area contributed by atoms with Crippen LogP contribution in [-0.4, -0.2) is 25.5 Å². The third-order valence-electron chi connectivity index (χ3n) is 4.12. The van der Waals surface area contributed by atoms with Gasteiger partial charge in [0.25, 0.3) is 0 Å². The van der Waals surface area contributed by atoms with Gasteiger partial charge in [-0.25, -0.2) is 0 Å². The van der Waals surface area contributed by atoms with Crippen LogP contribution < -0.4 is 16.0 Å². The molecule has 3 rings (SSSR count). The number of hydrogen-bond donors (Lipinski definition) is 3. The van der Waals surface area contributed by atoms with E-state index in [1.807, 2.05) is 0 Å². The molecule has 0 unspecified atom stereocenters. The van der Waals surface area contributed by atoms with E-state index in [2.05, 4.69) is 20.9 Å². The molecule has 2 aromatic rings. The van der Waals surface area contributed by atoms with Crippen LogP contribution in [0.3, 0.4) is 0 Å². The molecule has 1 aliphatic rings. The molecule has 0 saturated heterocycles. The summed E-state index contributed by atoms with van der Waals surface area (Å²) in [6.45, 7) is 1.58. The lowest BCUT2D eigenvalue weighted by molar-refractivity contribution is -0.137. The number of amides is 1. The van der Waals surface area contributed by atoms with Crippen molar-refractivity contribution >= 4 is 18.1 Å². The molecule has 3 N–H and O–H groups in total. The van der Waals surface area contributed by atoms with Crippen molar-refractivity contribution in [3.8, 4) is 11.1 Å². The SMILES string of the molecule is O=CNCc1ccccc1-c1cc(NC2=NCCCN2)cc(C(F)(F)F)c1. The Kier molecular flexibility index (Phi) is 5.63. The zero-order chi connectivity index (χ0) is 19.3. The lowest BCUT2D eigenvalue weighted by atomic mass is 9.97. The summed E-state index contributed by atoms with van der Waals surface area (Å²) in [6.07, 6.45) is -3.04. The number of carbonyl (C=O) groups is 1. The van der Waals surface area contributed by atoms with E-state index >= 15 is 0 Å². The number of aliphatic imine (C=N–C) groups is 1. The van der Waals surface area contributed by atoms with Crippen LogP contribution in [-0.2, 0) is 17.5 Å². The molecular weight excluding hydrogens is 357 g/mol. The summed E-state index contributed by atoms with van der Waals surface area (Å²) in [6, 6.07) is 10.9. The molecule has 2 aromatic carbocycles. The Labute approximate surface area is 154 Å². The Morgan fingerprint density at radius 2 is 2.00 bits per heavy atom. The van der Waals surface area contributed by atoms with Gasteiger partial charge < -0.3 is 16.0 Å². The van der Waals surface area contributed by atoms with Crippen LogP contribution in [0.5, 0.6) is 0 Å². The zero-order valence-electron chi connectivity index (χ0n) is 14.4. The molecule has 142 valence electrons. The van der Waals surface area contributed by atoms with Crippen molar-refractivity contribution in [2.75, 3.05) is 18.4 Å². The average molecular weight is 376 g/mol. The molecule has 0 fully saturated rings. The fourth-order valence-electron chi connectivity index (χ4n) is 2.88. The number of guanidine groups is 1. The van der Waals surface area contributed by atoms with Gasteiger partial charge in [-0.15, -0.1) is 0 Å². The van der Waals surface area contributed by atoms with E-state index in [0.29, 0.717) is 35.7 Å². The molecule has 0 saturated carbocycles. The van der Waals surface area contributed by atoms with Crippen LogP contribution in [0.2, 0.25) is 0 Å². The second-order valence-electron chi connectivity index (χ2n) is 6.09. The van der Waals surface area contributed by atoms with Crippen LogP contribution in [0, 0.1) is 0 Å². The molecule has 5 nitrogen and oxygen atoms in total. The molecule has 8 heteroatoms. The normalized spacial score (nSPS) is 14.1. The van der Waals surface area contributed by atoms with Gasteiger partial charge >= 0.3 is 6.18 Å². The van der Waals surface area contributed by atoms with Crippen molar-refractivity contribution < 1.29 is 18.0 Å². The van der Waals surface area contributed by atoms with Crippen molar-refractivity contribution in [2.45, 2.75) is 19.1 Å². The maximum Gasteiger partial charge on any atom is 0.416 e. The van der Waals surface area contributed by atoms with Gasteiger partial charge in [-0.3, -0.25) is 9.79 Å². The number of hydrogen-bond acceptors (Lipinski definition) is 4. The van der Waals surface area contributed by atoms with E-state index in [4.69, 9.17) is 0 Å². The monoisotopic (exact) mass is 376 g/mol. The van der Waals surface area contributed by atoms with E-state index < -0.39 is 11.7 Å². The lowest BCUT2D eigenvalue weighted by Crippen LogP contribution is -2.35. The van der Waals surface area contributed by atoms with Crippen molar-refractivity contribution in [2.24, 2.45) is 4.99 Å². The lowest BCUT2D eigenvalue weighted by Gasteiger charge is -2.19. The minimum absolute atomic E-state index is 0.229. The second kappa shape index (κ2) is 8.11. The van der Waals surface area contributed by atoms with Gasteiger partial charge in [0.2, 0.25) is 6.41 Å². The molecular formula is C19H19F3N4O. The van der Waals surface area contributed by atoms with Crippen molar-refractivity contribution in [3.63, 3.8) is 0 Å². The van der Waals surface area contributed by atoms with Crippen molar-refractivity contribution in [1.29, 1.82) is 0 Å². The van der Waals surface area contributed by atoms with Crippen molar-refractivity contribution in [3.05, 3.63) is 53.6 Å². The number of rotatable bonds is 5. The third kappa shape index (κ3) is 4.78. The smallest absolute Gasteiger partial charge is 0.356 e. The highest BCUT2D eigenvalue weighted by Crippen LogP contribution is 2.36. The first-order chi connectivity index (χ1) is 13.0. The minimum atomic E-state index is -4.48. The Hall–Kier alpha value is -3.03. The van der Waals surface area contributed by atoms with E-state index in [-0.39, 0.29) is 6.54 Å². The number of benzene rings is 2. The van der Waals surface area contributed by atoms with Crippen LogP contribution in [0.4, 0.5) is 18.9 Å². The first kappa shape index (κ1) is 18.8. The average Bonchev–Trinajstić information content (AvgIpc) is 2.66. The Morgan fingerprint density at radius 3 is 2.70 bits per heavy atom. The van der Waals surface area contributed by atoms with Gasteiger partial charge in [-0.1, -0.05) is 24.3 Å². The maximum absolute atomic E-state index is 13.4. The summed E-state index contributed by atoms with van der Waals surface area (Å²) in [5, 5.41) is 8.52. The second-order valence-corrected chi connectivity index (χ2v) is 6.09. The van der Waals surface area contributed by atoms with Crippen LogP contribution >= 0.6 is 0 Å². The highest BCUT2D eigenvalue weighted by atomic mass is 19.4. The summed E-state index contributed by atoms with van der Waals surface area (Å²) in [5.74, 6) is 0.461. The topological polar surface area (TPSA) is 65.5 Å². The van der Waals surface area contributed by atoms with Crippen LogP contribution in [0.25, 0.3) is 11.1 Å². The quantitative estimate of drug-likeness (QED) is 0.701. The van der Waals surface area contributed by atoms with Gasteiger partial charge in [-0.2, -0.15) is 13.2 Å². The first-order valence-corrected chi connectivity index (χ1v) is 8.50. The van der Waals surface area contributed by atoms with Gasteiger partial charge in [-0.05, 0) is 41.3 Å². The number of nitrogens with zero attached hydrogens (tertiary/aromatic N) is 1. The first-order valence-electron chi connectivity index (χ1n) is 8.50. The predicted molar refractivity (Wildman–Crippen MR) is 98.3 cm³/mol. The Morgan fingerprint density at radius 1 is 1.19 bits per heavy atom. The summed E-state index contributed by atoms with van der Waals surface area (Å²) < 4.78 is 40.2. The molecule has 1 amide bonds. The third-order valence-corrected chi connectivity index (χ3v) is 4.12. The maximum atomic E-state index is 13.4. The Balaban J connectivity index is 2.03. The molecule has 27 heavy (non-hydrogen) atoms. The molecule has 0 spiro atoms. The Bertz CT molecular complexity index is 849. The molecule has 1 heterocycles. The molecule has 0 bridgehead atoms. The van der Waals surface area contributed by atoms with Crippen LogP contribution in [0.1, 0.15) is 17.5 Å².